The number of hydrogen-bond acceptors (Lipinski definition) is 3. The molecule has 1 aromatic carbocycles. The number of phenols is 1. The van der Waals surface area contributed by atoms with Gasteiger partial charge in [0, 0.05) is 18.2 Å². The van der Waals surface area contributed by atoms with E-state index in [1.807, 2.05) is 12.1 Å². The highest BCUT2D eigenvalue weighted by Gasteiger charge is 2.67. The molecule has 3 heteroatoms. The van der Waals surface area contributed by atoms with Gasteiger partial charge >= 0.3 is 0 Å². The van der Waals surface area contributed by atoms with Gasteiger partial charge in [-0.25, -0.2) is 0 Å². The lowest BCUT2D eigenvalue weighted by Gasteiger charge is -2.53. The lowest BCUT2D eigenvalue weighted by Crippen LogP contribution is -2.61. The number of ketones is 1. The first-order chi connectivity index (χ1) is 10.5. The Labute approximate surface area is 131 Å². The van der Waals surface area contributed by atoms with Gasteiger partial charge in [-0.3, -0.25) is 9.69 Å². The van der Waals surface area contributed by atoms with E-state index in [1.165, 1.54) is 19.3 Å². The van der Waals surface area contributed by atoms with Crippen LogP contribution in [0.4, 0.5) is 0 Å². The molecule has 2 saturated carbocycles. The quantitative estimate of drug-likeness (QED) is 0.866. The molecule has 1 aliphatic heterocycles. The molecule has 1 heterocycles. The molecule has 116 valence electrons. The number of carbonyl (C=O) groups is 1. The van der Waals surface area contributed by atoms with Crippen LogP contribution in [0.3, 0.4) is 0 Å². The van der Waals surface area contributed by atoms with Crippen LogP contribution in [-0.2, 0) is 5.41 Å². The molecule has 1 spiro atoms. The number of piperidine rings is 1. The van der Waals surface area contributed by atoms with Crippen molar-refractivity contribution in [1.29, 1.82) is 0 Å². The van der Waals surface area contributed by atoms with Crippen LogP contribution in [-0.4, -0.2) is 34.4 Å². The van der Waals surface area contributed by atoms with Gasteiger partial charge in [0.15, 0.2) is 5.78 Å². The predicted octanol–water partition coefficient (Wildman–Crippen LogP) is 3.11. The number of likely N-dealkylation sites (tertiary alicyclic amines) is 1. The number of rotatable bonds is 1. The van der Waals surface area contributed by atoms with Crippen molar-refractivity contribution >= 4 is 5.78 Å². The molecule has 2 bridgehead atoms. The van der Waals surface area contributed by atoms with E-state index in [1.54, 1.807) is 6.07 Å². The van der Waals surface area contributed by atoms with Crippen LogP contribution >= 0.6 is 0 Å². The zero-order chi connectivity index (χ0) is 15.3. The van der Waals surface area contributed by atoms with Crippen molar-refractivity contribution < 1.29 is 9.90 Å². The maximum atomic E-state index is 13.1. The van der Waals surface area contributed by atoms with E-state index in [4.69, 9.17) is 0 Å². The van der Waals surface area contributed by atoms with Crippen LogP contribution in [0.5, 0.6) is 5.75 Å². The number of phenolic OH excluding ortho intramolecular Hbond substituents is 1. The van der Waals surface area contributed by atoms with Crippen LogP contribution in [0.1, 0.15) is 55.5 Å². The Balaban J connectivity index is 1.62. The normalized spacial score (nSPS) is 41.4. The third kappa shape index (κ3) is 1.43. The average molecular weight is 297 g/mol. The number of fused-ring (bicyclic) bond motifs is 4. The third-order valence-corrected chi connectivity index (χ3v) is 7.32. The zero-order valence-electron chi connectivity index (χ0n) is 13.3. The van der Waals surface area contributed by atoms with Crippen molar-refractivity contribution in [2.45, 2.75) is 57.0 Å². The van der Waals surface area contributed by atoms with Crippen molar-refractivity contribution in [2.75, 3.05) is 6.54 Å². The molecular formula is C19H23NO2. The highest BCUT2D eigenvalue weighted by Crippen LogP contribution is 2.69. The molecule has 4 atom stereocenters. The van der Waals surface area contributed by atoms with E-state index in [0.717, 1.165) is 24.1 Å². The number of benzene rings is 1. The first-order valence-corrected chi connectivity index (χ1v) is 8.60. The van der Waals surface area contributed by atoms with Gasteiger partial charge < -0.3 is 5.11 Å². The lowest BCUT2D eigenvalue weighted by molar-refractivity contribution is 0.0217. The highest BCUT2D eigenvalue weighted by molar-refractivity contribution is 6.03. The van der Waals surface area contributed by atoms with Crippen LogP contribution in [0.2, 0.25) is 0 Å². The Morgan fingerprint density at radius 2 is 2.05 bits per heavy atom. The van der Waals surface area contributed by atoms with Gasteiger partial charge in [-0.1, -0.05) is 13.8 Å². The molecule has 3 fully saturated rings. The van der Waals surface area contributed by atoms with E-state index in [0.29, 0.717) is 17.4 Å². The van der Waals surface area contributed by atoms with Crippen LogP contribution in [0.25, 0.3) is 0 Å². The number of hydrogen-bond donors (Lipinski definition) is 1. The standard InChI is InChI=1S/C19H23NO2/c1-11-16-17(22)13-4-3-12(21)9-14(13)18(11,2)7-8-20(16)15-10-19(15)5-6-19/h3-4,9,11,15-16,21H,5-8,10H2,1-2H3/t11-,15?,16?,18-/m0/s1. The van der Waals surface area contributed by atoms with Gasteiger partial charge in [-0.2, -0.15) is 0 Å². The molecule has 5 rings (SSSR count). The fourth-order valence-corrected chi connectivity index (χ4v) is 5.34. The number of nitrogens with zero attached hydrogens (tertiary/aromatic N) is 1. The fraction of sp³-hybridized carbons (Fsp3) is 0.632. The van der Waals surface area contributed by atoms with Crippen molar-refractivity contribution in [3.63, 3.8) is 0 Å². The van der Waals surface area contributed by atoms with E-state index in [-0.39, 0.29) is 23.0 Å². The van der Waals surface area contributed by atoms with E-state index in [2.05, 4.69) is 18.7 Å². The molecule has 1 aromatic rings. The summed E-state index contributed by atoms with van der Waals surface area (Å²) in [5, 5.41) is 9.88. The number of aromatic hydroxyl groups is 1. The molecule has 3 nitrogen and oxygen atoms in total. The summed E-state index contributed by atoms with van der Waals surface area (Å²) < 4.78 is 0. The molecule has 22 heavy (non-hydrogen) atoms. The molecule has 0 radical (unpaired) electrons. The van der Waals surface area contributed by atoms with Crippen LogP contribution < -0.4 is 0 Å². The van der Waals surface area contributed by atoms with Crippen molar-refractivity contribution in [3.05, 3.63) is 29.3 Å². The van der Waals surface area contributed by atoms with Gasteiger partial charge in [0.2, 0.25) is 0 Å². The van der Waals surface area contributed by atoms with Crippen LogP contribution in [0, 0.1) is 11.3 Å². The maximum absolute atomic E-state index is 13.1. The smallest absolute Gasteiger partial charge is 0.180 e. The van der Waals surface area contributed by atoms with Gasteiger partial charge in [0.25, 0.3) is 0 Å². The number of Topliss-reactive ketones (excluding diaryl/α,β-unsaturated/α-hetero) is 1. The Morgan fingerprint density at radius 3 is 2.73 bits per heavy atom. The Kier molecular flexibility index (Phi) is 2.24. The monoisotopic (exact) mass is 297 g/mol. The summed E-state index contributed by atoms with van der Waals surface area (Å²) >= 11 is 0. The Bertz CT molecular complexity index is 693. The topological polar surface area (TPSA) is 40.5 Å². The fourth-order valence-electron chi connectivity index (χ4n) is 5.34. The van der Waals surface area contributed by atoms with Gasteiger partial charge in [-0.15, -0.1) is 0 Å². The molecule has 1 N–H and O–H groups in total. The van der Waals surface area contributed by atoms with E-state index < -0.39 is 0 Å². The molecule has 3 aliphatic carbocycles. The van der Waals surface area contributed by atoms with Gasteiger partial charge in [0.05, 0.1) is 6.04 Å². The minimum Gasteiger partial charge on any atom is -0.508 e. The second-order valence-corrected chi connectivity index (χ2v) is 8.32. The molecule has 0 amide bonds. The third-order valence-electron chi connectivity index (χ3n) is 7.32. The highest BCUT2D eigenvalue weighted by atomic mass is 16.3. The van der Waals surface area contributed by atoms with Gasteiger partial charge in [-0.05, 0) is 66.2 Å². The Hall–Kier alpha value is -1.35. The average Bonchev–Trinajstić information content (AvgIpc) is 3.40. The SMILES string of the molecule is C[C@H]1C2C(=O)c3ccc(O)cc3[C@@]1(C)CCN2C1CC12CC2. The first kappa shape index (κ1) is 13.1. The maximum Gasteiger partial charge on any atom is 0.180 e. The molecule has 0 aromatic heterocycles. The summed E-state index contributed by atoms with van der Waals surface area (Å²) in [4.78, 5) is 15.7. The second-order valence-electron chi connectivity index (χ2n) is 8.32. The summed E-state index contributed by atoms with van der Waals surface area (Å²) in [6.07, 6.45) is 5.12. The van der Waals surface area contributed by atoms with Crippen molar-refractivity contribution in [1.82, 2.24) is 4.90 Å². The second kappa shape index (κ2) is 3.76. The largest absolute Gasteiger partial charge is 0.508 e. The number of carbonyl (C=O) groups excluding carboxylic acids is 1. The van der Waals surface area contributed by atoms with E-state index in [9.17, 15) is 9.90 Å². The Morgan fingerprint density at radius 1 is 1.27 bits per heavy atom. The van der Waals surface area contributed by atoms with E-state index >= 15 is 0 Å². The van der Waals surface area contributed by atoms with Crippen molar-refractivity contribution in [2.24, 2.45) is 11.3 Å². The molecular weight excluding hydrogens is 274 g/mol. The zero-order valence-corrected chi connectivity index (χ0v) is 13.3. The minimum atomic E-state index is 0.00868. The summed E-state index contributed by atoms with van der Waals surface area (Å²) in [5.41, 5.74) is 2.52. The molecule has 2 unspecified atom stereocenters. The summed E-state index contributed by atoms with van der Waals surface area (Å²) in [6, 6.07) is 6.03. The molecule has 4 aliphatic rings. The van der Waals surface area contributed by atoms with Crippen LogP contribution in [0.15, 0.2) is 18.2 Å². The lowest BCUT2D eigenvalue weighted by atomic mass is 9.58. The summed E-state index contributed by atoms with van der Waals surface area (Å²) in [6.45, 7) is 5.55. The van der Waals surface area contributed by atoms with Crippen molar-refractivity contribution in [3.8, 4) is 5.75 Å². The minimum absolute atomic E-state index is 0.00868. The molecule has 1 saturated heterocycles. The summed E-state index contributed by atoms with van der Waals surface area (Å²) in [5.74, 6) is 0.877. The van der Waals surface area contributed by atoms with Gasteiger partial charge in [0.1, 0.15) is 5.75 Å². The first-order valence-electron chi connectivity index (χ1n) is 8.60. The predicted molar refractivity (Wildman–Crippen MR) is 84.1 cm³/mol. The summed E-state index contributed by atoms with van der Waals surface area (Å²) in [7, 11) is 0.